The number of pyridine rings is 2. The lowest BCUT2D eigenvalue weighted by atomic mass is 9.91. The zero-order valence-corrected chi connectivity index (χ0v) is 25.2. The molecule has 9 nitrogen and oxygen atoms in total. The van der Waals surface area contributed by atoms with Gasteiger partial charge >= 0.3 is 0 Å². The minimum absolute atomic E-state index is 0.0241. The van der Waals surface area contributed by atoms with Gasteiger partial charge < -0.3 is 14.4 Å². The van der Waals surface area contributed by atoms with Crippen molar-refractivity contribution < 1.29 is 13.7 Å². The molecule has 2 unspecified atom stereocenters. The number of anilines is 1. The first-order valence-electron chi connectivity index (χ1n) is 14.8. The maximum absolute atomic E-state index is 15.2. The van der Waals surface area contributed by atoms with Gasteiger partial charge in [-0.2, -0.15) is 4.98 Å². The van der Waals surface area contributed by atoms with Crippen LogP contribution in [0.25, 0.3) is 33.8 Å². The number of carbonyl (C=O) groups is 1. The molecule has 0 aliphatic carbocycles. The number of ketones is 1. The lowest BCUT2D eigenvalue weighted by molar-refractivity contribution is 0.0969. The van der Waals surface area contributed by atoms with E-state index < -0.39 is 5.82 Å². The van der Waals surface area contributed by atoms with Crippen LogP contribution in [0, 0.1) is 17.7 Å². The monoisotopic (exact) mass is 581 g/mol. The largest absolute Gasteiger partial charge is 0.370 e. The summed E-state index contributed by atoms with van der Waals surface area (Å²) < 4.78 is 20.5. The highest BCUT2D eigenvalue weighted by molar-refractivity contribution is 5.93. The van der Waals surface area contributed by atoms with Crippen LogP contribution < -0.4 is 4.90 Å². The van der Waals surface area contributed by atoms with Gasteiger partial charge in [-0.25, -0.2) is 14.4 Å². The Morgan fingerprint density at radius 1 is 1.07 bits per heavy atom. The summed E-state index contributed by atoms with van der Waals surface area (Å²) >= 11 is 0. The lowest BCUT2D eigenvalue weighted by Crippen LogP contribution is -2.38. The number of H-pyrrole nitrogens is 1. The second-order valence-electron chi connectivity index (χ2n) is 12.8. The number of hydrogen-bond acceptors (Lipinski definition) is 8. The fraction of sp³-hybridized carbons (Fsp3) is 0.394. The van der Waals surface area contributed by atoms with Crippen LogP contribution in [0.15, 0.2) is 53.3 Å². The number of aromatic amines is 1. The van der Waals surface area contributed by atoms with Crippen molar-refractivity contribution in [2.75, 3.05) is 18.0 Å². The Labute approximate surface area is 250 Å². The van der Waals surface area contributed by atoms with Crippen LogP contribution in [0.3, 0.4) is 0 Å². The average molecular weight is 582 g/mol. The van der Waals surface area contributed by atoms with Gasteiger partial charge in [-0.1, -0.05) is 51.9 Å². The Kier molecular flexibility index (Phi) is 7.54. The number of piperidine rings is 1. The zero-order valence-electron chi connectivity index (χ0n) is 25.2. The number of aryl methyl sites for hydroxylation is 1. The van der Waals surface area contributed by atoms with Gasteiger partial charge in [0.25, 0.3) is 0 Å². The van der Waals surface area contributed by atoms with Gasteiger partial charge in [0.2, 0.25) is 17.5 Å². The van der Waals surface area contributed by atoms with Crippen molar-refractivity contribution in [3.05, 3.63) is 71.9 Å². The highest BCUT2D eigenvalue weighted by Gasteiger charge is 2.25. The highest BCUT2D eigenvalue weighted by Crippen LogP contribution is 2.31. The number of imidazole rings is 1. The van der Waals surface area contributed by atoms with Crippen molar-refractivity contribution in [2.45, 2.75) is 59.3 Å². The van der Waals surface area contributed by atoms with E-state index in [0.29, 0.717) is 51.5 Å². The molecule has 4 aromatic heterocycles. The van der Waals surface area contributed by atoms with Crippen molar-refractivity contribution in [3.63, 3.8) is 0 Å². The third-order valence-electron chi connectivity index (χ3n) is 7.92. The van der Waals surface area contributed by atoms with E-state index in [4.69, 9.17) is 9.51 Å². The maximum atomic E-state index is 15.2. The van der Waals surface area contributed by atoms with Gasteiger partial charge in [0, 0.05) is 36.7 Å². The normalized spacial score (nSPS) is 17.5. The SMILES string of the molecule is CC1CC(C)CN(c2ccc(-c3nc4nccc(-c5ccc(CCC(=O)c6noc(C(C)(C)C)n6)c(F)c5)c4[nH]3)nc2)C1. The number of rotatable bonds is 7. The minimum atomic E-state index is -0.392. The smallest absolute Gasteiger partial charge is 0.238 e. The zero-order chi connectivity index (χ0) is 30.3. The quantitative estimate of drug-likeness (QED) is 0.209. The first-order chi connectivity index (χ1) is 20.5. The molecular weight excluding hydrogens is 545 g/mol. The Morgan fingerprint density at radius 2 is 1.86 bits per heavy atom. The summed E-state index contributed by atoms with van der Waals surface area (Å²) in [5, 5.41) is 3.80. The predicted octanol–water partition coefficient (Wildman–Crippen LogP) is 6.80. The van der Waals surface area contributed by atoms with E-state index in [9.17, 15) is 4.79 Å². The second kappa shape index (κ2) is 11.3. The summed E-state index contributed by atoms with van der Waals surface area (Å²) in [6, 6.07) is 10.9. The number of aromatic nitrogens is 6. The molecule has 1 saturated heterocycles. The van der Waals surface area contributed by atoms with Gasteiger partial charge in [-0.3, -0.25) is 9.78 Å². The van der Waals surface area contributed by atoms with Crippen LogP contribution in [0.2, 0.25) is 0 Å². The Hall–Kier alpha value is -4.47. The molecule has 1 aliphatic heterocycles. The highest BCUT2D eigenvalue weighted by atomic mass is 19.1. The van der Waals surface area contributed by atoms with E-state index in [1.807, 2.05) is 45.2 Å². The van der Waals surface area contributed by atoms with Crippen molar-refractivity contribution >= 4 is 22.6 Å². The maximum Gasteiger partial charge on any atom is 0.238 e. The van der Waals surface area contributed by atoms with Gasteiger partial charge in [-0.05, 0) is 60.1 Å². The average Bonchev–Trinajstić information content (AvgIpc) is 3.64. The number of Topliss-reactive ketones (excluding diaryl/α,β-unsaturated/α-hetero) is 1. The predicted molar refractivity (Wildman–Crippen MR) is 163 cm³/mol. The van der Waals surface area contributed by atoms with Crippen LogP contribution in [0.4, 0.5) is 10.1 Å². The van der Waals surface area contributed by atoms with E-state index in [1.165, 1.54) is 12.5 Å². The molecule has 5 aromatic rings. The molecule has 5 heterocycles. The molecule has 1 aliphatic rings. The molecule has 1 N–H and O–H groups in total. The molecule has 2 atom stereocenters. The molecule has 222 valence electrons. The molecule has 0 bridgehead atoms. The number of halogens is 1. The summed E-state index contributed by atoms with van der Waals surface area (Å²) in [5.74, 6) is 1.66. The third-order valence-corrected chi connectivity index (χ3v) is 7.92. The molecule has 43 heavy (non-hydrogen) atoms. The van der Waals surface area contributed by atoms with Gasteiger partial charge in [0.1, 0.15) is 11.5 Å². The van der Waals surface area contributed by atoms with Crippen molar-refractivity contribution in [2.24, 2.45) is 11.8 Å². The molecule has 1 fully saturated rings. The van der Waals surface area contributed by atoms with Crippen molar-refractivity contribution in [1.82, 2.24) is 30.1 Å². The lowest BCUT2D eigenvalue weighted by Gasteiger charge is -2.36. The van der Waals surface area contributed by atoms with Crippen LogP contribution >= 0.6 is 0 Å². The Bertz CT molecular complexity index is 1760. The molecular formula is C33H36FN7O2. The number of hydrogen-bond donors (Lipinski definition) is 1. The first kappa shape index (κ1) is 28.6. The van der Waals surface area contributed by atoms with E-state index in [0.717, 1.165) is 24.3 Å². The molecule has 0 spiro atoms. The van der Waals surface area contributed by atoms with Gasteiger partial charge in [0.05, 0.1) is 17.4 Å². The first-order valence-corrected chi connectivity index (χ1v) is 14.8. The van der Waals surface area contributed by atoms with Gasteiger partial charge in [-0.15, -0.1) is 0 Å². The van der Waals surface area contributed by atoms with Crippen LogP contribution in [-0.4, -0.2) is 48.9 Å². The Balaban J connectivity index is 1.18. The van der Waals surface area contributed by atoms with Crippen LogP contribution in [-0.2, 0) is 11.8 Å². The van der Waals surface area contributed by atoms with E-state index >= 15 is 4.39 Å². The van der Waals surface area contributed by atoms with E-state index in [2.05, 4.69) is 49.9 Å². The van der Waals surface area contributed by atoms with Crippen LogP contribution in [0.5, 0.6) is 0 Å². The number of fused-ring (bicyclic) bond motifs is 1. The third kappa shape index (κ3) is 6.04. The summed E-state index contributed by atoms with van der Waals surface area (Å²) in [7, 11) is 0. The molecule has 1 aromatic carbocycles. The van der Waals surface area contributed by atoms with Crippen molar-refractivity contribution in [1.29, 1.82) is 0 Å². The standard InChI is InChI=1S/C33H36FN7O2/c1-19-14-20(2)18-41(17-19)23-9-10-26(36-16-23)29-37-28-24(12-13-35-31(28)38-29)22-7-6-21(25(34)15-22)8-11-27(42)30-39-32(43-40-30)33(3,4)5/h6-7,9-10,12-13,15-16,19-20H,8,11,14,17-18H2,1-5H3,(H,35,37,38). The number of nitrogens with one attached hydrogen (secondary N) is 1. The van der Waals surface area contributed by atoms with E-state index in [-0.39, 0.29) is 29.9 Å². The molecule has 0 amide bonds. The molecule has 0 saturated carbocycles. The second-order valence-corrected chi connectivity index (χ2v) is 12.8. The molecule has 10 heteroatoms. The fourth-order valence-electron chi connectivity index (χ4n) is 5.78. The summed E-state index contributed by atoms with van der Waals surface area (Å²) in [5.41, 5.74) is 4.61. The van der Waals surface area contributed by atoms with Crippen LogP contribution in [0.1, 0.15) is 69.5 Å². The minimum Gasteiger partial charge on any atom is -0.370 e. The summed E-state index contributed by atoms with van der Waals surface area (Å²) in [6.07, 6.45) is 5.12. The number of nitrogens with zero attached hydrogens (tertiary/aromatic N) is 6. The topological polar surface area (TPSA) is 114 Å². The van der Waals surface area contributed by atoms with E-state index in [1.54, 1.807) is 12.3 Å². The number of benzene rings is 1. The Morgan fingerprint density at radius 3 is 2.53 bits per heavy atom. The fourth-order valence-corrected chi connectivity index (χ4v) is 5.78. The molecule has 0 radical (unpaired) electrons. The summed E-state index contributed by atoms with van der Waals surface area (Å²) in [4.78, 5) is 36.4. The van der Waals surface area contributed by atoms with Gasteiger partial charge in [0.15, 0.2) is 11.5 Å². The summed E-state index contributed by atoms with van der Waals surface area (Å²) in [6.45, 7) is 12.4. The number of carbonyl (C=O) groups excluding carboxylic acids is 1. The molecule has 6 rings (SSSR count). The van der Waals surface area contributed by atoms with Crippen molar-refractivity contribution in [3.8, 4) is 22.6 Å².